The van der Waals surface area contributed by atoms with Crippen LogP contribution in [0.25, 0.3) is 0 Å². The van der Waals surface area contributed by atoms with Gasteiger partial charge in [0.25, 0.3) is 0 Å². The van der Waals surface area contributed by atoms with Crippen LogP contribution in [0.4, 0.5) is 0 Å². The maximum atomic E-state index is 6.27. The molecule has 0 amide bonds. The van der Waals surface area contributed by atoms with Crippen molar-refractivity contribution in [3.05, 3.63) is 36.5 Å². The van der Waals surface area contributed by atoms with Gasteiger partial charge in [-0.25, -0.2) is 0 Å². The van der Waals surface area contributed by atoms with Gasteiger partial charge >= 0.3 is 6.72 Å². The Balaban J connectivity index is 4.18. The molecule has 0 aliphatic heterocycles. The quantitative estimate of drug-likeness (QED) is 0.0346. The van der Waals surface area contributed by atoms with E-state index >= 15 is 0 Å². The topological polar surface area (TPSA) is 27.7 Å². The zero-order valence-corrected chi connectivity index (χ0v) is 42.1. The summed E-state index contributed by atoms with van der Waals surface area (Å²) in [7, 11) is 0. The molecule has 5 heteroatoms. The van der Waals surface area contributed by atoms with Crippen molar-refractivity contribution in [2.75, 3.05) is 19.8 Å². The van der Waals surface area contributed by atoms with E-state index in [9.17, 15) is 0 Å². The summed E-state index contributed by atoms with van der Waals surface area (Å²) in [4.78, 5) is 0. The monoisotopic (exact) mass is 865 g/mol. The molecule has 0 saturated heterocycles. The summed E-state index contributed by atoms with van der Waals surface area (Å²) in [6, 6.07) is 0. The Hall–Kier alpha value is -0.250. The average molecular weight is 865 g/mol. The first-order chi connectivity index (χ1) is 29.2. The van der Waals surface area contributed by atoms with Gasteiger partial charge in [0.15, 0.2) is 0 Å². The van der Waals surface area contributed by atoms with Gasteiger partial charge in [-0.05, 0) is 108 Å². The predicted octanol–water partition coefficient (Wildman–Crippen LogP) is 20.4. The van der Waals surface area contributed by atoms with Crippen molar-refractivity contribution in [3.63, 3.8) is 0 Å². The van der Waals surface area contributed by atoms with E-state index in [2.05, 4.69) is 57.2 Å². The highest BCUT2D eigenvalue weighted by Gasteiger charge is 2.20. The van der Waals surface area contributed by atoms with Gasteiger partial charge in [-0.2, -0.15) is 0 Å². The smallest absolute Gasteiger partial charge is 0.309 e. The Labute approximate surface area is 377 Å². The fourth-order valence-electron chi connectivity index (χ4n) is 7.69. The van der Waals surface area contributed by atoms with Gasteiger partial charge < -0.3 is 13.6 Å². The molecule has 0 saturated carbocycles. The zero-order valence-electron chi connectivity index (χ0n) is 40.4. The lowest BCUT2D eigenvalue weighted by Crippen LogP contribution is -2.04. The summed E-state index contributed by atoms with van der Waals surface area (Å²) in [6.45, 7) is 6.19. The molecular weight excluding hydrogens is 760 g/mol. The van der Waals surface area contributed by atoms with Crippen molar-refractivity contribution < 1.29 is 13.6 Å². The molecule has 0 heterocycles. The van der Waals surface area contributed by atoms with Gasteiger partial charge in [-0.3, -0.25) is 0 Å². The molecule has 0 bridgehead atoms. The maximum absolute atomic E-state index is 6.27. The van der Waals surface area contributed by atoms with Gasteiger partial charge in [0.05, 0.1) is 19.8 Å². The molecule has 0 rings (SSSR count). The van der Waals surface area contributed by atoms with Crippen LogP contribution >= 0.6 is 6.72 Å². The van der Waals surface area contributed by atoms with E-state index in [-0.39, 0.29) is 0 Å². The Morgan fingerprint density at radius 3 is 0.627 bits per heavy atom. The third-order valence-electron chi connectivity index (χ3n) is 11.7. The Morgan fingerprint density at radius 2 is 0.424 bits per heavy atom. The highest BCUT2D eigenvalue weighted by molar-refractivity contribution is 8.07. The Kier molecular flexibility index (Phi) is 51.9. The zero-order chi connectivity index (χ0) is 42.7. The van der Waals surface area contributed by atoms with Crippen molar-refractivity contribution >= 4 is 18.5 Å². The van der Waals surface area contributed by atoms with Crippen LogP contribution in [0.15, 0.2) is 36.5 Å². The first kappa shape index (κ1) is 58.8. The van der Waals surface area contributed by atoms with Crippen molar-refractivity contribution in [2.45, 2.75) is 290 Å². The first-order valence-electron chi connectivity index (χ1n) is 26.7. The lowest BCUT2D eigenvalue weighted by Gasteiger charge is -2.22. The van der Waals surface area contributed by atoms with Crippen LogP contribution in [0.3, 0.4) is 0 Å². The fraction of sp³-hybridized carbons (Fsp3) is 0.889. The molecule has 0 aromatic heterocycles. The SMILES string of the molecule is CCCCCCCC/C=C\CCCCCCCCOP(=S)(OCCCCCCCC/C=C\CCCCCCCC)OCCCCCCCC/C=C\CCCCCCCC. The van der Waals surface area contributed by atoms with Gasteiger partial charge in [-0.1, -0.05) is 231 Å². The second kappa shape index (κ2) is 52.1. The first-order valence-corrected chi connectivity index (χ1v) is 29.2. The number of hydrogen-bond acceptors (Lipinski definition) is 4. The van der Waals surface area contributed by atoms with E-state index in [1.54, 1.807) is 0 Å². The fourth-order valence-corrected chi connectivity index (χ4v) is 9.64. The maximum Gasteiger partial charge on any atom is 0.327 e. The molecule has 0 N–H and O–H groups in total. The summed E-state index contributed by atoms with van der Waals surface area (Å²) >= 11 is 5.96. The number of unbranched alkanes of at least 4 members (excludes halogenated alkanes) is 36. The van der Waals surface area contributed by atoms with Crippen molar-refractivity contribution in [2.24, 2.45) is 0 Å². The van der Waals surface area contributed by atoms with Crippen molar-refractivity contribution in [3.8, 4) is 0 Å². The summed E-state index contributed by atoms with van der Waals surface area (Å²) in [5.74, 6) is 0. The predicted molar refractivity (Wildman–Crippen MR) is 270 cm³/mol. The lowest BCUT2D eigenvalue weighted by molar-refractivity contribution is 0.150. The summed E-state index contributed by atoms with van der Waals surface area (Å²) in [5, 5.41) is 0. The molecule has 0 atom stereocenters. The standard InChI is InChI=1S/C54H105O3PS/c1-4-7-10-13-16-19-22-25-28-31-34-37-40-43-46-49-52-55-58(59,56-53-50-47-44-41-38-35-32-29-26-23-20-17-14-11-8-5-2)57-54-51-48-45-42-39-36-33-30-27-24-21-18-15-12-9-6-3/h25-30H,4-24,31-54H2,1-3H3/b28-25-,29-26-,30-27-. The van der Waals surface area contributed by atoms with Crippen LogP contribution in [-0.2, 0) is 25.4 Å². The van der Waals surface area contributed by atoms with E-state index in [1.165, 1.54) is 250 Å². The lowest BCUT2D eigenvalue weighted by atomic mass is 10.1. The van der Waals surface area contributed by atoms with Crippen molar-refractivity contribution in [1.29, 1.82) is 0 Å². The highest BCUT2D eigenvalue weighted by atomic mass is 32.5. The normalized spacial score (nSPS) is 12.4. The molecule has 0 aliphatic carbocycles. The van der Waals surface area contributed by atoms with Crippen LogP contribution in [0.5, 0.6) is 0 Å². The molecule has 0 fully saturated rings. The Morgan fingerprint density at radius 1 is 0.254 bits per heavy atom. The van der Waals surface area contributed by atoms with Crippen LogP contribution in [0.1, 0.15) is 290 Å². The van der Waals surface area contributed by atoms with Gasteiger partial charge in [-0.15, -0.1) is 0 Å². The van der Waals surface area contributed by atoms with Crippen LogP contribution in [0, 0.1) is 0 Å². The third kappa shape index (κ3) is 50.3. The molecule has 3 nitrogen and oxygen atoms in total. The van der Waals surface area contributed by atoms with E-state index in [4.69, 9.17) is 25.4 Å². The molecule has 59 heavy (non-hydrogen) atoms. The second-order valence-corrected chi connectivity index (χ2v) is 20.8. The third-order valence-corrected chi connectivity index (χ3v) is 14.2. The van der Waals surface area contributed by atoms with E-state index in [1.807, 2.05) is 0 Å². The molecule has 0 aromatic carbocycles. The Bertz CT molecular complexity index is 803. The molecule has 0 radical (unpaired) electrons. The number of rotatable bonds is 51. The molecule has 0 spiro atoms. The van der Waals surface area contributed by atoms with E-state index in [0.717, 1.165) is 19.3 Å². The summed E-state index contributed by atoms with van der Waals surface area (Å²) in [5.41, 5.74) is 0. The van der Waals surface area contributed by atoms with Crippen molar-refractivity contribution in [1.82, 2.24) is 0 Å². The molecule has 0 unspecified atom stereocenters. The van der Waals surface area contributed by atoms with Crippen LogP contribution in [0.2, 0.25) is 0 Å². The summed E-state index contributed by atoms with van der Waals surface area (Å²) in [6.07, 6.45) is 69.5. The number of allylic oxidation sites excluding steroid dienone is 6. The van der Waals surface area contributed by atoms with Gasteiger partial charge in [0.1, 0.15) is 0 Å². The second-order valence-electron chi connectivity index (χ2n) is 17.8. The minimum absolute atomic E-state index is 0.666. The van der Waals surface area contributed by atoms with E-state index < -0.39 is 6.72 Å². The average Bonchev–Trinajstić information content (AvgIpc) is 3.24. The van der Waals surface area contributed by atoms with Crippen LogP contribution in [-0.4, -0.2) is 19.8 Å². The van der Waals surface area contributed by atoms with Gasteiger partial charge in [0.2, 0.25) is 0 Å². The minimum Gasteiger partial charge on any atom is -0.309 e. The molecule has 0 aromatic rings. The van der Waals surface area contributed by atoms with E-state index in [0.29, 0.717) is 19.8 Å². The van der Waals surface area contributed by atoms with Gasteiger partial charge in [0, 0.05) is 0 Å². The molecule has 0 aliphatic rings. The summed E-state index contributed by atoms with van der Waals surface area (Å²) < 4.78 is 18.8. The highest BCUT2D eigenvalue weighted by Crippen LogP contribution is 2.50. The molecular formula is C54H105O3PS. The largest absolute Gasteiger partial charge is 0.327 e. The number of hydrogen-bond donors (Lipinski definition) is 0. The minimum atomic E-state index is -2.68. The molecule has 350 valence electrons. The van der Waals surface area contributed by atoms with Crippen LogP contribution < -0.4 is 0 Å².